The van der Waals surface area contributed by atoms with Gasteiger partial charge in [0.25, 0.3) is 0 Å². The standard InChI is InChI=1S/C10H8N4O2/c1-16-10(15)8-3-4-11-9(14-8)7-2-5-12-13-6-7/h2-6H,1H3. The largest absolute Gasteiger partial charge is 0.464 e. The Morgan fingerprint density at radius 3 is 2.81 bits per heavy atom. The highest BCUT2D eigenvalue weighted by Gasteiger charge is 2.09. The van der Waals surface area contributed by atoms with Crippen molar-refractivity contribution in [2.45, 2.75) is 0 Å². The monoisotopic (exact) mass is 216 g/mol. The zero-order valence-electron chi connectivity index (χ0n) is 8.49. The molecule has 0 spiro atoms. The van der Waals surface area contributed by atoms with Crippen LogP contribution in [0.4, 0.5) is 0 Å². The minimum Gasteiger partial charge on any atom is -0.464 e. The lowest BCUT2D eigenvalue weighted by molar-refractivity contribution is 0.0594. The molecule has 0 radical (unpaired) electrons. The Hall–Kier alpha value is -2.37. The Kier molecular flexibility index (Phi) is 2.81. The molecule has 0 atom stereocenters. The fraction of sp³-hybridized carbons (Fsp3) is 0.100. The van der Waals surface area contributed by atoms with E-state index in [-0.39, 0.29) is 5.69 Å². The van der Waals surface area contributed by atoms with Gasteiger partial charge in [0.1, 0.15) is 0 Å². The highest BCUT2D eigenvalue weighted by Crippen LogP contribution is 2.11. The normalized spacial score (nSPS) is 9.81. The molecule has 0 saturated heterocycles. The van der Waals surface area contributed by atoms with Gasteiger partial charge >= 0.3 is 5.97 Å². The molecule has 16 heavy (non-hydrogen) atoms. The first-order valence-electron chi connectivity index (χ1n) is 4.49. The van der Waals surface area contributed by atoms with Crippen LogP contribution in [-0.4, -0.2) is 33.2 Å². The van der Waals surface area contributed by atoms with E-state index in [1.165, 1.54) is 31.8 Å². The average molecular weight is 216 g/mol. The second kappa shape index (κ2) is 4.43. The number of hydrogen-bond acceptors (Lipinski definition) is 6. The molecule has 80 valence electrons. The molecule has 2 rings (SSSR count). The quantitative estimate of drug-likeness (QED) is 0.688. The highest BCUT2D eigenvalue weighted by atomic mass is 16.5. The van der Waals surface area contributed by atoms with Crippen LogP contribution in [0.3, 0.4) is 0 Å². The molecule has 2 heterocycles. The topological polar surface area (TPSA) is 77.9 Å². The maximum absolute atomic E-state index is 11.3. The summed E-state index contributed by atoms with van der Waals surface area (Å²) >= 11 is 0. The van der Waals surface area contributed by atoms with Crippen molar-refractivity contribution in [3.63, 3.8) is 0 Å². The molecule has 2 aromatic heterocycles. The smallest absolute Gasteiger partial charge is 0.356 e. The Bertz CT molecular complexity index is 501. The second-order valence-electron chi connectivity index (χ2n) is 2.89. The van der Waals surface area contributed by atoms with Gasteiger partial charge in [-0.05, 0) is 12.1 Å². The summed E-state index contributed by atoms with van der Waals surface area (Å²) in [4.78, 5) is 19.4. The van der Waals surface area contributed by atoms with E-state index in [1.54, 1.807) is 6.07 Å². The van der Waals surface area contributed by atoms with Crippen LogP contribution in [0.2, 0.25) is 0 Å². The number of carbonyl (C=O) groups is 1. The van der Waals surface area contributed by atoms with Crippen molar-refractivity contribution in [2.24, 2.45) is 0 Å². The minimum atomic E-state index is -0.495. The second-order valence-corrected chi connectivity index (χ2v) is 2.89. The summed E-state index contributed by atoms with van der Waals surface area (Å²) in [5.41, 5.74) is 0.907. The average Bonchev–Trinajstić information content (AvgIpc) is 2.39. The number of carbonyl (C=O) groups excluding carboxylic acids is 1. The van der Waals surface area contributed by atoms with Gasteiger partial charge in [0.2, 0.25) is 0 Å². The van der Waals surface area contributed by atoms with Gasteiger partial charge in [-0.15, -0.1) is 0 Å². The van der Waals surface area contributed by atoms with Crippen molar-refractivity contribution in [3.05, 3.63) is 36.4 Å². The molecular formula is C10H8N4O2. The fourth-order valence-corrected chi connectivity index (χ4v) is 1.14. The van der Waals surface area contributed by atoms with Crippen LogP contribution in [0, 0.1) is 0 Å². The first-order chi connectivity index (χ1) is 7.81. The van der Waals surface area contributed by atoms with Gasteiger partial charge in [-0.1, -0.05) is 0 Å². The van der Waals surface area contributed by atoms with Gasteiger partial charge in [0, 0.05) is 11.8 Å². The van der Waals surface area contributed by atoms with Crippen LogP contribution in [-0.2, 0) is 4.74 Å². The number of aromatic nitrogens is 4. The Labute approximate surface area is 91.3 Å². The summed E-state index contributed by atoms with van der Waals surface area (Å²) in [6.45, 7) is 0. The van der Waals surface area contributed by atoms with Gasteiger partial charge < -0.3 is 4.74 Å². The molecule has 0 fully saturated rings. The van der Waals surface area contributed by atoms with Crippen molar-refractivity contribution in [2.75, 3.05) is 7.11 Å². The van der Waals surface area contributed by atoms with E-state index in [0.717, 1.165) is 0 Å². The summed E-state index contributed by atoms with van der Waals surface area (Å²) in [6, 6.07) is 3.20. The first-order valence-corrected chi connectivity index (χ1v) is 4.49. The molecule has 0 aromatic carbocycles. The maximum atomic E-state index is 11.3. The van der Waals surface area contributed by atoms with Crippen molar-refractivity contribution in [1.29, 1.82) is 0 Å². The molecule has 0 unspecified atom stereocenters. The van der Waals surface area contributed by atoms with E-state index in [1.807, 2.05) is 0 Å². The van der Waals surface area contributed by atoms with Gasteiger partial charge in [-0.3, -0.25) is 0 Å². The Morgan fingerprint density at radius 1 is 1.25 bits per heavy atom. The molecule has 0 saturated carbocycles. The molecule has 0 bridgehead atoms. The molecule has 6 nitrogen and oxygen atoms in total. The molecule has 0 N–H and O–H groups in total. The van der Waals surface area contributed by atoms with Crippen LogP contribution in [0.5, 0.6) is 0 Å². The summed E-state index contributed by atoms with van der Waals surface area (Å²) in [5, 5.41) is 7.36. The predicted octanol–water partition coefficient (Wildman–Crippen LogP) is 0.720. The van der Waals surface area contributed by atoms with Crippen molar-refractivity contribution < 1.29 is 9.53 Å². The number of nitrogens with zero attached hydrogens (tertiary/aromatic N) is 4. The zero-order valence-corrected chi connectivity index (χ0v) is 8.49. The van der Waals surface area contributed by atoms with E-state index < -0.39 is 5.97 Å². The molecule has 0 aliphatic heterocycles. The lowest BCUT2D eigenvalue weighted by Crippen LogP contribution is -2.05. The lowest BCUT2D eigenvalue weighted by atomic mass is 10.3. The van der Waals surface area contributed by atoms with Crippen LogP contribution < -0.4 is 0 Å². The van der Waals surface area contributed by atoms with Crippen LogP contribution in [0.15, 0.2) is 30.7 Å². The predicted molar refractivity (Wildman–Crippen MR) is 54.4 cm³/mol. The number of ether oxygens (including phenoxy) is 1. The van der Waals surface area contributed by atoms with Crippen LogP contribution in [0.1, 0.15) is 10.5 Å². The van der Waals surface area contributed by atoms with Crippen molar-refractivity contribution >= 4 is 5.97 Å². The fourth-order valence-electron chi connectivity index (χ4n) is 1.14. The minimum absolute atomic E-state index is 0.212. The van der Waals surface area contributed by atoms with Gasteiger partial charge in [-0.25, -0.2) is 14.8 Å². The van der Waals surface area contributed by atoms with Crippen molar-refractivity contribution in [1.82, 2.24) is 20.2 Å². The summed E-state index contributed by atoms with van der Waals surface area (Å²) in [5.74, 6) is -0.0801. The zero-order chi connectivity index (χ0) is 11.4. The number of rotatable bonds is 2. The molecule has 0 aliphatic rings. The van der Waals surface area contributed by atoms with Gasteiger partial charge in [0.15, 0.2) is 11.5 Å². The third-order valence-corrected chi connectivity index (χ3v) is 1.89. The molecule has 0 amide bonds. The van der Waals surface area contributed by atoms with Crippen LogP contribution in [0.25, 0.3) is 11.4 Å². The van der Waals surface area contributed by atoms with Crippen LogP contribution >= 0.6 is 0 Å². The summed E-state index contributed by atoms with van der Waals surface area (Å²) in [7, 11) is 1.30. The maximum Gasteiger partial charge on any atom is 0.356 e. The molecule has 0 aliphatic carbocycles. The number of methoxy groups -OCH3 is 1. The first kappa shape index (κ1) is 10.2. The van der Waals surface area contributed by atoms with E-state index in [0.29, 0.717) is 11.4 Å². The molecule has 6 heteroatoms. The van der Waals surface area contributed by atoms with E-state index in [9.17, 15) is 4.79 Å². The third kappa shape index (κ3) is 2.00. The number of hydrogen-bond donors (Lipinski definition) is 0. The van der Waals surface area contributed by atoms with E-state index in [4.69, 9.17) is 0 Å². The molecule has 2 aromatic rings. The SMILES string of the molecule is COC(=O)c1ccnc(-c2ccnnc2)n1. The number of esters is 1. The Balaban J connectivity index is 2.40. The van der Waals surface area contributed by atoms with E-state index in [2.05, 4.69) is 24.9 Å². The summed E-state index contributed by atoms with van der Waals surface area (Å²) in [6.07, 6.45) is 4.55. The molecular weight excluding hydrogens is 208 g/mol. The van der Waals surface area contributed by atoms with Gasteiger partial charge in [-0.2, -0.15) is 10.2 Å². The Morgan fingerprint density at radius 2 is 2.12 bits per heavy atom. The highest BCUT2D eigenvalue weighted by molar-refractivity contribution is 5.87. The summed E-state index contributed by atoms with van der Waals surface area (Å²) < 4.78 is 4.57. The lowest BCUT2D eigenvalue weighted by Gasteiger charge is -2.01. The van der Waals surface area contributed by atoms with E-state index >= 15 is 0 Å². The van der Waals surface area contributed by atoms with Gasteiger partial charge in [0.05, 0.1) is 19.5 Å². The third-order valence-electron chi connectivity index (χ3n) is 1.89. The van der Waals surface area contributed by atoms with Crippen molar-refractivity contribution in [3.8, 4) is 11.4 Å².